The first-order valence-corrected chi connectivity index (χ1v) is 7.45. The molecule has 0 unspecified atom stereocenters. The molecule has 2 aromatic carbocycles. The third-order valence-electron chi connectivity index (χ3n) is 3.87. The predicted octanol–water partition coefficient (Wildman–Crippen LogP) is 3.70. The summed E-state index contributed by atoms with van der Waals surface area (Å²) in [4.78, 5) is 23.8. The van der Waals surface area contributed by atoms with Gasteiger partial charge in [-0.2, -0.15) is 0 Å². The number of para-hydroxylation sites is 1. The molecule has 0 aliphatic rings. The van der Waals surface area contributed by atoms with E-state index < -0.39 is 0 Å². The molecule has 116 valence electrons. The fourth-order valence-corrected chi connectivity index (χ4v) is 2.60. The van der Waals surface area contributed by atoms with Gasteiger partial charge in [-0.15, -0.1) is 0 Å². The minimum absolute atomic E-state index is 0.0586. The molecule has 23 heavy (non-hydrogen) atoms. The van der Waals surface area contributed by atoms with Crippen LogP contribution in [0.4, 0.5) is 0 Å². The summed E-state index contributed by atoms with van der Waals surface area (Å²) in [6, 6.07) is 16.9. The van der Waals surface area contributed by atoms with Crippen LogP contribution >= 0.6 is 0 Å². The molecule has 0 fully saturated rings. The summed E-state index contributed by atoms with van der Waals surface area (Å²) in [5, 5.41) is 1.06. The highest BCUT2D eigenvalue weighted by Gasteiger charge is 2.09. The van der Waals surface area contributed by atoms with Crippen molar-refractivity contribution in [2.75, 3.05) is 7.11 Å². The van der Waals surface area contributed by atoms with Crippen molar-refractivity contribution >= 4 is 22.8 Å². The predicted molar refractivity (Wildman–Crippen MR) is 88.7 cm³/mol. The van der Waals surface area contributed by atoms with Gasteiger partial charge in [0.05, 0.1) is 18.2 Å². The quantitative estimate of drug-likeness (QED) is 0.690. The molecule has 0 saturated carbocycles. The lowest BCUT2D eigenvalue weighted by Gasteiger charge is -2.05. The molecule has 4 heteroatoms. The monoisotopic (exact) mass is 307 g/mol. The molecule has 4 nitrogen and oxygen atoms in total. The highest BCUT2D eigenvalue weighted by atomic mass is 16.5. The second kappa shape index (κ2) is 6.48. The number of hydrogen-bond donors (Lipinski definition) is 0. The average molecular weight is 307 g/mol. The van der Waals surface area contributed by atoms with Crippen LogP contribution in [0.25, 0.3) is 10.9 Å². The Bertz CT molecular complexity index is 846. The van der Waals surface area contributed by atoms with Gasteiger partial charge in [0.2, 0.25) is 5.91 Å². The molecule has 1 heterocycles. The van der Waals surface area contributed by atoms with Crippen molar-refractivity contribution < 1.29 is 14.3 Å². The normalized spacial score (nSPS) is 10.7. The number of methoxy groups -OCH3 is 1. The van der Waals surface area contributed by atoms with Gasteiger partial charge in [0.1, 0.15) is 0 Å². The number of aromatic nitrogens is 1. The highest BCUT2D eigenvalue weighted by molar-refractivity contribution is 5.92. The summed E-state index contributed by atoms with van der Waals surface area (Å²) in [7, 11) is 1.36. The first kappa shape index (κ1) is 15.0. The molecule has 0 radical (unpaired) electrons. The Balaban J connectivity index is 1.68. The molecule has 3 aromatic rings. The van der Waals surface area contributed by atoms with Gasteiger partial charge < -0.3 is 4.74 Å². The molecule has 0 spiro atoms. The maximum Gasteiger partial charge on any atom is 0.337 e. The summed E-state index contributed by atoms with van der Waals surface area (Å²) in [5.74, 6) is -0.297. The van der Waals surface area contributed by atoms with E-state index in [1.165, 1.54) is 7.11 Å². The number of rotatable bonds is 4. The smallest absolute Gasteiger partial charge is 0.337 e. The maximum absolute atomic E-state index is 12.4. The summed E-state index contributed by atoms with van der Waals surface area (Å²) >= 11 is 0. The minimum Gasteiger partial charge on any atom is -0.465 e. The molecule has 0 N–H and O–H groups in total. The standard InChI is InChI=1S/C19H17NO3/c1-23-19(22)16-9-6-14(7-10-16)8-11-18(21)20-13-12-15-4-2-3-5-17(15)20/h2-7,9-10,12-13H,8,11H2,1H3. The second-order valence-corrected chi connectivity index (χ2v) is 5.33. The molecule has 0 aliphatic carbocycles. The van der Waals surface area contributed by atoms with Crippen LogP contribution in [-0.2, 0) is 11.2 Å². The van der Waals surface area contributed by atoms with Gasteiger partial charge in [-0.25, -0.2) is 4.79 Å². The second-order valence-electron chi connectivity index (χ2n) is 5.33. The maximum atomic E-state index is 12.4. The van der Waals surface area contributed by atoms with E-state index in [1.807, 2.05) is 48.7 Å². The van der Waals surface area contributed by atoms with Crippen LogP contribution in [0, 0.1) is 0 Å². The molecule has 3 rings (SSSR count). The number of carbonyl (C=O) groups is 2. The van der Waals surface area contributed by atoms with Crippen molar-refractivity contribution in [3.8, 4) is 0 Å². The van der Waals surface area contributed by atoms with Gasteiger partial charge in [-0.1, -0.05) is 30.3 Å². The van der Waals surface area contributed by atoms with Gasteiger partial charge in [0.25, 0.3) is 0 Å². The number of carbonyl (C=O) groups excluding carboxylic acids is 2. The van der Waals surface area contributed by atoms with Crippen molar-refractivity contribution in [2.45, 2.75) is 12.8 Å². The lowest BCUT2D eigenvalue weighted by Crippen LogP contribution is -2.10. The average Bonchev–Trinajstić information content (AvgIpc) is 3.03. The highest BCUT2D eigenvalue weighted by Crippen LogP contribution is 2.16. The van der Waals surface area contributed by atoms with Crippen molar-refractivity contribution in [3.05, 3.63) is 71.9 Å². The zero-order valence-corrected chi connectivity index (χ0v) is 12.9. The molecule has 1 aromatic heterocycles. The van der Waals surface area contributed by atoms with Crippen LogP contribution in [0.1, 0.15) is 27.1 Å². The van der Waals surface area contributed by atoms with Crippen LogP contribution in [0.2, 0.25) is 0 Å². The van der Waals surface area contributed by atoms with Gasteiger partial charge in [-0.3, -0.25) is 9.36 Å². The molecular weight excluding hydrogens is 290 g/mol. The molecule has 0 aliphatic heterocycles. The van der Waals surface area contributed by atoms with Crippen LogP contribution in [0.15, 0.2) is 60.8 Å². The summed E-state index contributed by atoms with van der Waals surface area (Å²) in [6.07, 6.45) is 2.86. The van der Waals surface area contributed by atoms with Crippen molar-refractivity contribution in [2.24, 2.45) is 0 Å². The fraction of sp³-hybridized carbons (Fsp3) is 0.158. The van der Waals surface area contributed by atoms with Gasteiger partial charge in [0.15, 0.2) is 0 Å². The number of fused-ring (bicyclic) bond motifs is 1. The zero-order valence-electron chi connectivity index (χ0n) is 12.9. The van der Waals surface area contributed by atoms with Crippen LogP contribution in [-0.4, -0.2) is 23.6 Å². The lowest BCUT2D eigenvalue weighted by molar-refractivity contribution is 0.0600. The van der Waals surface area contributed by atoms with E-state index in [1.54, 1.807) is 16.7 Å². The van der Waals surface area contributed by atoms with Gasteiger partial charge in [-0.05, 0) is 36.2 Å². The molecule has 0 amide bonds. The third kappa shape index (κ3) is 3.16. The van der Waals surface area contributed by atoms with Crippen LogP contribution in [0.3, 0.4) is 0 Å². The first-order valence-electron chi connectivity index (χ1n) is 7.45. The SMILES string of the molecule is COC(=O)c1ccc(CCC(=O)n2ccc3ccccc32)cc1. The Kier molecular flexibility index (Phi) is 4.24. The number of aryl methyl sites for hydroxylation is 1. The summed E-state index contributed by atoms with van der Waals surface area (Å²) < 4.78 is 6.36. The topological polar surface area (TPSA) is 48.3 Å². The Labute approximate surface area is 134 Å². The van der Waals surface area contributed by atoms with Gasteiger partial charge >= 0.3 is 5.97 Å². The van der Waals surface area contributed by atoms with E-state index in [0.717, 1.165) is 16.5 Å². The molecule has 0 saturated heterocycles. The largest absolute Gasteiger partial charge is 0.465 e. The van der Waals surface area contributed by atoms with E-state index in [2.05, 4.69) is 4.74 Å². The van der Waals surface area contributed by atoms with E-state index >= 15 is 0 Å². The third-order valence-corrected chi connectivity index (χ3v) is 3.87. The summed E-state index contributed by atoms with van der Waals surface area (Å²) in [6.45, 7) is 0. The number of benzene rings is 2. The van der Waals surface area contributed by atoms with Crippen molar-refractivity contribution in [1.29, 1.82) is 0 Å². The van der Waals surface area contributed by atoms with Crippen molar-refractivity contribution in [1.82, 2.24) is 4.57 Å². The Morgan fingerprint density at radius 1 is 1.00 bits per heavy atom. The minimum atomic E-state index is -0.355. The fourth-order valence-electron chi connectivity index (χ4n) is 2.60. The number of hydrogen-bond acceptors (Lipinski definition) is 3. The van der Waals surface area contributed by atoms with Crippen molar-refractivity contribution in [3.63, 3.8) is 0 Å². The van der Waals surface area contributed by atoms with E-state index in [-0.39, 0.29) is 11.9 Å². The van der Waals surface area contributed by atoms with Crippen LogP contribution < -0.4 is 0 Å². The zero-order chi connectivity index (χ0) is 16.2. The van der Waals surface area contributed by atoms with E-state index in [0.29, 0.717) is 18.4 Å². The van der Waals surface area contributed by atoms with Crippen LogP contribution in [0.5, 0.6) is 0 Å². The Morgan fingerprint density at radius 2 is 1.74 bits per heavy atom. The van der Waals surface area contributed by atoms with Gasteiger partial charge in [0, 0.05) is 18.0 Å². The Morgan fingerprint density at radius 3 is 2.48 bits per heavy atom. The van der Waals surface area contributed by atoms with E-state index in [4.69, 9.17) is 0 Å². The molecular formula is C19H17NO3. The van der Waals surface area contributed by atoms with E-state index in [9.17, 15) is 9.59 Å². The molecule has 0 bridgehead atoms. The first-order chi connectivity index (χ1) is 11.2. The number of ether oxygens (including phenoxy) is 1. The summed E-state index contributed by atoms with van der Waals surface area (Å²) in [5.41, 5.74) is 2.46. The number of esters is 1. The number of nitrogens with zero attached hydrogens (tertiary/aromatic N) is 1. The molecule has 0 atom stereocenters. The lowest BCUT2D eigenvalue weighted by atomic mass is 10.1. The Hall–Kier alpha value is -2.88.